The van der Waals surface area contributed by atoms with Gasteiger partial charge in [-0.15, -0.1) is 0 Å². The maximum absolute atomic E-state index is 11.4. The normalized spacial score (nSPS) is 16.9. The Morgan fingerprint density at radius 1 is 1.17 bits per heavy atom. The molecule has 9 nitrogen and oxygen atoms in total. The SMILES string of the molecule is CC(C)(C)OC(=O)N1CCCC1.CCOC(=O)CN(C)C1CNC(=O)C1.COc1ccc(Cl)c(Cl)c1. The molecule has 2 aliphatic rings. The van der Waals surface area contributed by atoms with Crippen LogP contribution < -0.4 is 10.1 Å². The zero-order chi connectivity index (χ0) is 27.3. The summed E-state index contributed by atoms with van der Waals surface area (Å²) in [6.45, 7) is 10.4. The number of ether oxygens (including phenoxy) is 3. The molecule has 1 N–H and O–H groups in total. The molecule has 3 rings (SSSR count). The predicted molar refractivity (Wildman–Crippen MR) is 141 cm³/mol. The number of benzene rings is 1. The molecule has 2 aliphatic heterocycles. The lowest BCUT2D eigenvalue weighted by Crippen LogP contribution is -2.37. The summed E-state index contributed by atoms with van der Waals surface area (Å²) in [4.78, 5) is 37.0. The summed E-state index contributed by atoms with van der Waals surface area (Å²) < 4.78 is 14.9. The minimum atomic E-state index is -0.361. The number of nitrogens with zero attached hydrogens (tertiary/aromatic N) is 2. The van der Waals surface area contributed by atoms with E-state index in [1.807, 2.05) is 32.7 Å². The Morgan fingerprint density at radius 3 is 2.28 bits per heavy atom. The Morgan fingerprint density at radius 2 is 1.81 bits per heavy atom. The van der Waals surface area contributed by atoms with Crippen molar-refractivity contribution in [1.29, 1.82) is 0 Å². The van der Waals surface area contributed by atoms with Crippen molar-refractivity contribution in [2.24, 2.45) is 0 Å². The topological polar surface area (TPSA) is 97.4 Å². The molecule has 36 heavy (non-hydrogen) atoms. The fraction of sp³-hybridized carbons (Fsp3) is 0.640. The Balaban J connectivity index is 0.000000274. The van der Waals surface area contributed by atoms with Gasteiger partial charge in [0.25, 0.3) is 0 Å². The molecule has 204 valence electrons. The number of carbonyl (C=O) groups is 3. The second-order valence-electron chi connectivity index (χ2n) is 9.34. The third kappa shape index (κ3) is 12.6. The maximum Gasteiger partial charge on any atom is 0.410 e. The van der Waals surface area contributed by atoms with Gasteiger partial charge in [-0.1, -0.05) is 23.2 Å². The van der Waals surface area contributed by atoms with Crippen molar-refractivity contribution < 1.29 is 28.6 Å². The molecule has 1 unspecified atom stereocenters. The lowest BCUT2D eigenvalue weighted by Gasteiger charge is -2.23. The van der Waals surface area contributed by atoms with Gasteiger partial charge in [0.2, 0.25) is 5.91 Å². The third-order valence-corrected chi connectivity index (χ3v) is 5.89. The summed E-state index contributed by atoms with van der Waals surface area (Å²) in [5, 5.41) is 3.78. The summed E-state index contributed by atoms with van der Waals surface area (Å²) in [5.74, 6) is 0.523. The van der Waals surface area contributed by atoms with Gasteiger partial charge in [-0.05, 0) is 59.7 Å². The lowest BCUT2D eigenvalue weighted by atomic mass is 10.2. The number of nitrogens with one attached hydrogen (secondary N) is 1. The van der Waals surface area contributed by atoms with Crippen LogP contribution in [0.25, 0.3) is 0 Å². The van der Waals surface area contributed by atoms with E-state index in [1.165, 1.54) is 0 Å². The minimum Gasteiger partial charge on any atom is -0.497 e. The number of halogens is 2. The van der Waals surface area contributed by atoms with Crippen molar-refractivity contribution >= 4 is 41.2 Å². The first-order chi connectivity index (χ1) is 16.9. The average Bonchev–Trinajstić information content (AvgIpc) is 3.48. The number of amides is 2. The molecule has 0 spiro atoms. The number of carbonyl (C=O) groups excluding carboxylic acids is 3. The van der Waals surface area contributed by atoms with E-state index in [9.17, 15) is 14.4 Å². The summed E-state index contributed by atoms with van der Waals surface area (Å²) in [7, 11) is 3.40. The molecule has 1 atom stereocenters. The third-order valence-electron chi connectivity index (χ3n) is 5.15. The van der Waals surface area contributed by atoms with E-state index in [2.05, 4.69) is 5.32 Å². The molecular formula is C25H39Cl2N3O6. The van der Waals surface area contributed by atoms with Crippen molar-refractivity contribution in [2.45, 2.75) is 58.6 Å². The molecule has 11 heteroatoms. The van der Waals surface area contributed by atoms with Crippen LogP contribution in [-0.2, 0) is 19.1 Å². The Labute approximate surface area is 224 Å². The quantitative estimate of drug-likeness (QED) is 0.546. The number of methoxy groups -OCH3 is 1. The van der Waals surface area contributed by atoms with E-state index >= 15 is 0 Å². The fourth-order valence-electron chi connectivity index (χ4n) is 3.27. The van der Waals surface area contributed by atoms with Crippen molar-refractivity contribution in [3.63, 3.8) is 0 Å². The first-order valence-corrected chi connectivity index (χ1v) is 12.7. The molecule has 1 aromatic rings. The van der Waals surface area contributed by atoms with E-state index in [-0.39, 0.29) is 36.2 Å². The number of likely N-dealkylation sites (N-methyl/N-ethyl adjacent to an activating group) is 1. The van der Waals surface area contributed by atoms with Gasteiger partial charge in [0.1, 0.15) is 11.4 Å². The lowest BCUT2D eigenvalue weighted by molar-refractivity contribution is -0.144. The van der Waals surface area contributed by atoms with Gasteiger partial charge < -0.3 is 24.4 Å². The van der Waals surface area contributed by atoms with Gasteiger partial charge in [-0.25, -0.2) is 4.79 Å². The van der Waals surface area contributed by atoms with Gasteiger partial charge in [0.15, 0.2) is 0 Å². The summed E-state index contributed by atoms with van der Waals surface area (Å²) in [5.41, 5.74) is -0.361. The minimum absolute atomic E-state index is 0.0470. The zero-order valence-corrected chi connectivity index (χ0v) is 23.6. The van der Waals surface area contributed by atoms with Crippen LogP contribution in [0.4, 0.5) is 4.79 Å². The maximum atomic E-state index is 11.4. The number of hydrogen-bond donors (Lipinski definition) is 1. The second-order valence-corrected chi connectivity index (χ2v) is 10.2. The molecule has 1 aromatic carbocycles. The van der Waals surface area contributed by atoms with E-state index in [0.717, 1.165) is 31.7 Å². The molecule has 2 fully saturated rings. The molecule has 0 bridgehead atoms. The van der Waals surface area contributed by atoms with Gasteiger partial charge in [0.05, 0.1) is 30.3 Å². The first-order valence-electron chi connectivity index (χ1n) is 12.0. The van der Waals surface area contributed by atoms with E-state index in [4.69, 9.17) is 37.4 Å². The van der Waals surface area contributed by atoms with Crippen LogP contribution in [0.15, 0.2) is 18.2 Å². The first kappa shape index (κ1) is 31.8. The van der Waals surface area contributed by atoms with Gasteiger partial charge in [-0.3, -0.25) is 14.5 Å². The van der Waals surface area contributed by atoms with Crippen LogP contribution in [0, 0.1) is 0 Å². The Hall–Kier alpha value is -2.23. The molecular weight excluding hydrogens is 509 g/mol. The number of hydrogen-bond acceptors (Lipinski definition) is 7. The van der Waals surface area contributed by atoms with Crippen molar-refractivity contribution in [1.82, 2.24) is 15.1 Å². The largest absolute Gasteiger partial charge is 0.497 e. The molecule has 2 heterocycles. The highest BCUT2D eigenvalue weighted by atomic mass is 35.5. The second kappa shape index (κ2) is 15.8. The van der Waals surface area contributed by atoms with Crippen LogP contribution in [0.1, 0.15) is 47.0 Å². The standard InChI is InChI=1S/C9H16N2O3.C9H17NO2.C7H6Cl2O/c1-3-14-9(13)6-11(2)7-4-8(12)10-5-7;1-9(2,3)12-8(11)10-6-4-5-7-10;1-10-5-2-3-6(8)7(9)4-5/h7H,3-6H2,1-2H3,(H,10,12);4-7H2,1-3H3;2-4H,1H3. The van der Waals surface area contributed by atoms with E-state index in [1.54, 1.807) is 37.1 Å². The fourth-order valence-corrected chi connectivity index (χ4v) is 3.56. The predicted octanol–water partition coefficient (Wildman–Crippen LogP) is 4.39. The molecule has 0 radical (unpaired) electrons. The highest BCUT2D eigenvalue weighted by molar-refractivity contribution is 6.42. The monoisotopic (exact) mass is 547 g/mol. The van der Waals surface area contributed by atoms with E-state index < -0.39 is 0 Å². The average molecular weight is 549 g/mol. The Kier molecular flexibility index (Phi) is 13.9. The number of rotatable bonds is 5. The van der Waals surface area contributed by atoms with Gasteiger partial charge in [-0.2, -0.15) is 0 Å². The van der Waals surface area contributed by atoms with Crippen LogP contribution >= 0.6 is 23.2 Å². The van der Waals surface area contributed by atoms with Crippen LogP contribution in [-0.4, -0.2) is 86.4 Å². The van der Waals surface area contributed by atoms with Crippen molar-refractivity contribution in [3.05, 3.63) is 28.2 Å². The molecule has 0 aromatic heterocycles. The van der Waals surface area contributed by atoms with Gasteiger partial charge >= 0.3 is 12.1 Å². The number of esters is 1. The highest BCUT2D eigenvalue weighted by Crippen LogP contribution is 2.25. The smallest absolute Gasteiger partial charge is 0.410 e. The van der Waals surface area contributed by atoms with Crippen LogP contribution in [0.5, 0.6) is 5.75 Å². The van der Waals surface area contributed by atoms with Crippen LogP contribution in [0.3, 0.4) is 0 Å². The summed E-state index contributed by atoms with van der Waals surface area (Å²) in [6.07, 6.45) is 2.52. The highest BCUT2D eigenvalue weighted by Gasteiger charge is 2.26. The van der Waals surface area contributed by atoms with Gasteiger partial charge in [0, 0.05) is 38.2 Å². The van der Waals surface area contributed by atoms with E-state index in [0.29, 0.717) is 29.6 Å². The Bertz CT molecular complexity index is 857. The van der Waals surface area contributed by atoms with Crippen molar-refractivity contribution in [3.8, 4) is 5.75 Å². The summed E-state index contributed by atoms with van der Waals surface area (Å²) >= 11 is 11.3. The zero-order valence-electron chi connectivity index (χ0n) is 22.1. The molecule has 0 saturated carbocycles. The number of likely N-dealkylation sites (tertiary alicyclic amines) is 1. The molecule has 2 amide bonds. The molecule has 2 saturated heterocycles. The molecule has 0 aliphatic carbocycles. The summed E-state index contributed by atoms with van der Waals surface area (Å²) in [6, 6.07) is 5.24. The van der Waals surface area contributed by atoms with Crippen LogP contribution in [0.2, 0.25) is 10.0 Å². The van der Waals surface area contributed by atoms with Crippen molar-refractivity contribution in [2.75, 3.05) is 46.9 Å².